The van der Waals surface area contributed by atoms with Gasteiger partial charge in [-0.25, -0.2) is 0 Å². The molecule has 1 unspecified atom stereocenters. The Bertz CT molecular complexity index is 616. The Labute approximate surface area is 157 Å². The monoisotopic (exact) mass is 362 g/mol. The van der Waals surface area contributed by atoms with E-state index in [1.165, 1.54) is 0 Å². The Morgan fingerprint density at radius 3 is 2.42 bits per heavy atom. The molecule has 0 radical (unpaired) electrons. The second-order valence-electron chi connectivity index (χ2n) is 9.36. The molecule has 1 aromatic rings. The first-order valence-corrected chi connectivity index (χ1v) is 9.83. The zero-order valence-corrected chi connectivity index (χ0v) is 16.5. The van der Waals surface area contributed by atoms with Gasteiger partial charge in [-0.3, -0.25) is 0 Å². The zero-order valence-electron chi connectivity index (χ0n) is 16.5. The molecule has 146 valence electrons. The number of fused-ring (bicyclic) bond motifs is 1. The van der Waals surface area contributed by atoms with E-state index < -0.39 is 17.1 Å². The fourth-order valence-corrected chi connectivity index (χ4v) is 6.02. The van der Waals surface area contributed by atoms with E-state index in [1.54, 1.807) is 0 Å². The number of benzene rings is 1. The van der Waals surface area contributed by atoms with E-state index >= 15 is 0 Å². The van der Waals surface area contributed by atoms with Crippen LogP contribution in [0, 0.1) is 22.7 Å². The Balaban J connectivity index is 1.97. The summed E-state index contributed by atoms with van der Waals surface area (Å²) in [6.45, 7) is 8.44. The van der Waals surface area contributed by atoms with Gasteiger partial charge in [-0.2, -0.15) is 0 Å². The zero-order chi connectivity index (χ0) is 19.2. The molecule has 0 aromatic heterocycles. The average molecular weight is 363 g/mol. The van der Waals surface area contributed by atoms with Crippen molar-refractivity contribution in [1.82, 2.24) is 0 Å². The Hall–Kier alpha value is -0.940. The van der Waals surface area contributed by atoms with Gasteiger partial charge in [0.05, 0.1) is 31.0 Å². The summed E-state index contributed by atoms with van der Waals surface area (Å²) in [5.41, 5.74) is -1.01. The van der Waals surface area contributed by atoms with Crippen LogP contribution in [0.5, 0.6) is 0 Å². The van der Waals surface area contributed by atoms with Gasteiger partial charge in [-0.15, -0.1) is 0 Å². The van der Waals surface area contributed by atoms with Gasteiger partial charge in [0.1, 0.15) is 0 Å². The molecule has 1 aromatic carbocycles. The molecule has 26 heavy (non-hydrogen) atoms. The molecular weight excluding hydrogens is 328 g/mol. The van der Waals surface area contributed by atoms with Crippen molar-refractivity contribution in [1.29, 1.82) is 0 Å². The smallest absolute Gasteiger partial charge is 0.0985 e. The lowest BCUT2D eigenvalue weighted by Crippen LogP contribution is -2.72. The highest BCUT2D eigenvalue weighted by molar-refractivity contribution is 5.18. The second kappa shape index (κ2) is 6.90. The van der Waals surface area contributed by atoms with E-state index in [1.807, 2.05) is 44.2 Å². The first kappa shape index (κ1) is 19.8. The van der Waals surface area contributed by atoms with Gasteiger partial charge < -0.3 is 20.1 Å². The van der Waals surface area contributed by atoms with Crippen molar-refractivity contribution in [3.8, 4) is 0 Å². The lowest BCUT2D eigenvalue weighted by atomic mass is 9.43. The van der Waals surface area contributed by atoms with Crippen LogP contribution in [-0.4, -0.2) is 39.7 Å². The highest BCUT2D eigenvalue weighted by Crippen LogP contribution is 2.63. The quantitative estimate of drug-likeness (QED) is 0.770. The van der Waals surface area contributed by atoms with Crippen molar-refractivity contribution >= 4 is 0 Å². The highest BCUT2D eigenvalue weighted by atomic mass is 16.5. The molecule has 2 aliphatic carbocycles. The fourth-order valence-electron chi connectivity index (χ4n) is 6.02. The number of aliphatic hydroxyl groups is 3. The predicted molar refractivity (Wildman–Crippen MR) is 101 cm³/mol. The molecule has 0 bridgehead atoms. The van der Waals surface area contributed by atoms with E-state index in [4.69, 9.17) is 4.74 Å². The first-order chi connectivity index (χ1) is 12.2. The topological polar surface area (TPSA) is 69.9 Å². The van der Waals surface area contributed by atoms with Crippen LogP contribution < -0.4 is 0 Å². The van der Waals surface area contributed by atoms with Crippen molar-refractivity contribution in [3.63, 3.8) is 0 Å². The molecule has 2 saturated carbocycles. The summed E-state index contributed by atoms with van der Waals surface area (Å²) < 4.78 is 6.35. The number of rotatable bonds is 4. The van der Waals surface area contributed by atoms with Gasteiger partial charge in [0, 0.05) is 11.3 Å². The highest BCUT2D eigenvalue weighted by Gasteiger charge is 2.68. The van der Waals surface area contributed by atoms with Crippen LogP contribution in [0.3, 0.4) is 0 Å². The van der Waals surface area contributed by atoms with E-state index in [2.05, 4.69) is 13.8 Å². The molecule has 0 aliphatic heterocycles. The molecular formula is C22H34O4. The summed E-state index contributed by atoms with van der Waals surface area (Å²) in [4.78, 5) is 0. The molecule has 0 heterocycles. The van der Waals surface area contributed by atoms with Crippen molar-refractivity contribution in [3.05, 3.63) is 35.9 Å². The van der Waals surface area contributed by atoms with Gasteiger partial charge in [0.15, 0.2) is 0 Å². The minimum Gasteiger partial charge on any atom is -0.393 e. The second-order valence-corrected chi connectivity index (χ2v) is 9.36. The number of ether oxygens (including phenoxy) is 1. The van der Waals surface area contributed by atoms with Crippen molar-refractivity contribution in [2.45, 2.75) is 71.4 Å². The fraction of sp³-hybridized carbons (Fsp3) is 0.727. The molecule has 4 nitrogen and oxygen atoms in total. The molecule has 0 spiro atoms. The Morgan fingerprint density at radius 2 is 1.81 bits per heavy atom. The SMILES string of the molecule is C[C@@H]1C[C@@H](O)[C@@H]2C(C)(C)CC[C@H](OCc3ccccc3)[C@]2(C)C1(O)CO. The molecule has 3 rings (SSSR count). The molecule has 0 amide bonds. The third-order valence-electron chi connectivity index (χ3n) is 7.47. The third kappa shape index (κ3) is 2.91. The van der Waals surface area contributed by atoms with Crippen molar-refractivity contribution < 1.29 is 20.1 Å². The molecule has 4 heteroatoms. The van der Waals surface area contributed by atoms with Crippen LogP contribution >= 0.6 is 0 Å². The van der Waals surface area contributed by atoms with Crippen LogP contribution in [-0.2, 0) is 11.3 Å². The van der Waals surface area contributed by atoms with Gasteiger partial charge in [0.25, 0.3) is 0 Å². The summed E-state index contributed by atoms with van der Waals surface area (Å²) in [5.74, 6) is -0.321. The molecule has 0 saturated heterocycles. The number of hydrogen-bond donors (Lipinski definition) is 3. The normalized spacial score (nSPS) is 42.3. The largest absolute Gasteiger partial charge is 0.393 e. The summed E-state index contributed by atoms with van der Waals surface area (Å²) in [7, 11) is 0. The Morgan fingerprint density at radius 1 is 1.15 bits per heavy atom. The lowest BCUT2D eigenvalue weighted by molar-refractivity contribution is -0.294. The predicted octanol–water partition coefficient (Wildman–Crippen LogP) is 3.14. The van der Waals surface area contributed by atoms with E-state index in [9.17, 15) is 15.3 Å². The van der Waals surface area contributed by atoms with Crippen LogP contribution in [0.1, 0.15) is 52.5 Å². The number of hydrogen-bond acceptors (Lipinski definition) is 4. The van der Waals surface area contributed by atoms with Crippen LogP contribution in [0.25, 0.3) is 0 Å². The van der Waals surface area contributed by atoms with E-state index in [-0.39, 0.29) is 30.0 Å². The maximum Gasteiger partial charge on any atom is 0.0985 e. The third-order valence-corrected chi connectivity index (χ3v) is 7.47. The van der Waals surface area contributed by atoms with Gasteiger partial charge in [0.2, 0.25) is 0 Å². The summed E-state index contributed by atoms with van der Waals surface area (Å²) in [5, 5.41) is 32.7. The van der Waals surface area contributed by atoms with Gasteiger partial charge in [-0.05, 0) is 36.2 Å². The molecule has 6 atom stereocenters. The standard InChI is InChI=1S/C22H34O4/c1-15-12-17(24)19-20(2,3)11-10-18(21(19,4)22(15,25)14-23)26-13-16-8-6-5-7-9-16/h5-9,15,17-19,23-25H,10-14H2,1-4H3/t15-,17-,18+,19-,21+,22?/m1/s1. The van der Waals surface area contributed by atoms with E-state index in [0.717, 1.165) is 18.4 Å². The maximum atomic E-state index is 11.6. The molecule has 3 N–H and O–H groups in total. The Kier molecular flexibility index (Phi) is 5.26. The van der Waals surface area contributed by atoms with Gasteiger partial charge in [-0.1, -0.05) is 58.0 Å². The molecule has 2 fully saturated rings. The van der Waals surface area contributed by atoms with Gasteiger partial charge >= 0.3 is 0 Å². The minimum absolute atomic E-state index is 0.121. The summed E-state index contributed by atoms with van der Waals surface area (Å²) in [6, 6.07) is 10.0. The van der Waals surface area contributed by atoms with Crippen LogP contribution in [0.4, 0.5) is 0 Å². The van der Waals surface area contributed by atoms with Crippen molar-refractivity contribution in [2.24, 2.45) is 22.7 Å². The first-order valence-electron chi connectivity index (χ1n) is 9.83. The average Bonchev–Trinajstić information content (AvgIpc) is 2.59. The summed E-state index contributed by atoms with van der Waals surface area (Å²) >= 11 is 0. The van der Waals surface area contributed by atoms with Crippen LogP contribution in [0.15, 0.2) is 30.3 Å². The summed E-state index contributed by atoms with van der Waals surface area (Å²) in [6.07, 6.45) is 1.54. The maximum absolute atomic E-state index is 11.6. The van der Waals surface area contributed by atoms with Crippen LogP contribution in [0.2, 0.25) is 0 Å². The lowest BCUT2D eigenvalue weighted by Gasteiger charge is -2.66. The number of aliphatic hydroxyl groups excluding tert-OH is 2. The molecule has 2 aliphatic rings. The minimum atomic E-state index is -1.27. The van der Waals surface area contributed by atoms with Crippen molar-refractivity contribution in [2.75, 3.05) is 6.61 Å². The van der Waals surface area contributed by atoms with E-state index in [0.29, 0.717) is 13.0 Å².